The van der Waals surface area contributed by atoms with Crippen LogP contribution in [0.1, 0.15) is 0 Å². The molecule has 0 aliphatic carbocycles. The summed E-state index contributed by atoms with van der Waals surface area (Å²) >= 11 is 0. The number of rotatable bonds is 2. The summed E-state index contributed by atoms with van der Waals surface area (Å²) in [5.74, 6) is -1.15. The molecule has 0 aromatic heterocycles. The van der Waals surface area contributed by atoms with Gasteiger partial charge in [0.1, 0.15) is 0 Å². The van der Waals surface area contributed by atoms with Gasteiger partial charge in [0.05, 0.1) is 13.2 Å². The largest absolute Gasteiger partial charge is 0.479 e. The molecule has 1 rings (SSSR count). The zero-order valence-electron chi connectivity index (χ0n) is 7.06. The minimum Gasteiger partial charge on any atom is -0.479 e. The lowest BCUT2D eigenvalue weighted by Gasteiger charge is -2.25. The first-order valence-corrected chi connectivity index (χ1v) is 3.91. The van der Waals surface area contributed by atoms with E-state index in [1.165, 1.54) is 4.90 Å². The number of carbonyl (C=O) groups is 2. The third kappa shape index (κ3) is 3.29. The van der Waals surface area contributed by atoms with E-state index in [1.807, 2.05) is 0 Å². The molecule has 0 spiro atoms. The number of nitrogens with zero attached hydrogens (tertiary/aromatic N) is 1. The highest BCUT2D eigenvalue weighted by atomic mass is 16.6. The van der Waals surface area contributed by atoms with E-state index in [1.54, 1.807) is 0 Å². The van der Waals surface area contributed by atoms with E-state index >= 15 is 0 Å². The molecule has 0 radical (unpaired) electrons. The van der Waals surface area contributed by atoms with Crippen LogP contribution in [0.2, 0.25) is 0 Å². The van der Waals surface area contributed by atoms with Gasteiger partial charge in [0.2, 0.25) is 0 Å². The van der Waals surface area contributed by atoms with Crippen molar-refractivity contribution >= 4 is 12.1 Å². The van der Waals surface area contributed by atoms with Gasteiger partial charge in [0, 0.05) is 13.1 Å². The number of hydrogen-bond acceptors (Lipinski definition) is 4. The number of carbonyl (C=O) groups excluding carboxylic acids is 1. The highest BCUT2D eigenvalue weighted by molar-refractivity contribution is 5.74. The van der Waals surface area contributed by atoms with Gasteiger partial charge in [-0.1, -0.05) is 0 Å². The highest BCUT2D eigenvalue weighted by Crippen LogP contribution is 1.99. The van der Waals surface area contributed by atoms with E-state index in [0.29, 0.717) is 26.3 Å². The van der Waals surface area contributed by atoms with Gasteiger partial charge in [0.15, 0.2) is 6.61 Å². The molecule has 0 unspecified atom stereocenters. The van der Waals surface area contributed by atoms with Crippen molar-refractivity contribution < 1.29 is 24.2 Å². The Labute approximate surface area is 75.0 Å². The fourth-order valence-electron chi connectivity index (χ4n) is 0.961. The predicted molar refractivity (Wildman–Crippen MR) is 41.4 cm³/mol. The van der Waals surface area contributed by atoms with Crippen molar-refractivity contribution in [3.05, 3.63) is 0 Å². The smallest absolute Gasteiger partial charge is 0.410 e. The average Bonchev–Trinajstić information content (AvgIpc) is 2.15. The molecule has 0 atom stereocenters. The molecule has 1 saturated heterocycles. The van der Waals surface area contributed by atoms with Gasteiger partial charge in [0.25, 0.3) is 0 Å². The molecule has 6 nitrogen and oxygen atoms in total. The molecule has 0 bridgehead atoms. The summed E-state index contributed by atoms with van der Waals surface area (Å²) in [4.78, 5) is 22.6. The third-order valence-electron chi connectivity index (χ3n) is 1.59. The standard InChI is InChI=1S/C7H11NO5/c9-6(10)5-13-7(11)8-1-3-12-4-2-8/h1-5H2,(H,9,10). The quantitative estimate of drug-likeness (QED) is 0.636. The molecule has 0 aromatic carbocycles. The average molecular weight is 189 g/mol. The molecular formula is C7H11NO5. The highest BCUT2D eigenvalue weighted by Gasteiger charge is 2.18. The molecule has 1 amide bonds. The van der Waals surface area contributed by atoms with Crippen LogP contribution < -0.4 is 0 Å². The number of carboxylic acid groups (broad SMARTS) is 1. The lowest BCUT2D eigenvalue weighted by atomic mass is 10.5. The van der Waals surface area contributed by atoms with Gasteiger partial charge < -0.3 is 19.5 Å². The lowest BCUT2D eigenvalue weighted by molar-refractivity contribution is -0.140. The van der Waals surface area contributed by atoms with Crippen LogP contribution in [0, 0.1) is 0 Å². The van der Waals surface area contributed by atoms with E-state index in [4.69, 9.17) is 9.84 Å². The second-order valence-corrected chi connectivity index (χ2v) is 2.55. The normalized spacial score (nSPS) is 16.8. The van der Waals surface area contributed by atoms with Gasteiger partial charge >= 0.3 is 12.1 Å². The SMILES string of the molecule is O=C(O)COC(=O)N1CCOCC1. The molecule has 74 valence electrons. The van der Waals surface area contributed by atoms with Crippen LogP contribution in [0.25, 0.3) is 0 Å². The summed E-state index contributed by atoms with van der Waals surface area (Å²) in [5, 5.41) is 8.24. The molecule has 6 heteroatoms. The van der Waals surface area contributed by atoms with Crippen LogP contribution in [0.3, 0.4) is 0 Å². The first-order valence-electron chi connectivity index (χ1n) is 3.91. The summed E-state index contributed by atoms with van der Waals surface area (Å²) in [7, 11) is 0. The topological polar surface area (TPSA) is 76.1 Å². The summed E-state index contributed by atoms with van der Waals surface area (Å²) in [6.45, 7) is 1.28. The van der Waals surface area contributed by atoms with Crippen LogP contribution in [0.5, 0.6) is 0 Å². The van der Waals surface area contributed by atoms with Crippen LogP contribution in [0.4, 0.5) is 4.79 Å². The number of carboxylic acids is 1. The first kappa shape index (κ1) is 9.79. The van der Waals surface area contributed by atoms with Crippen molar-refractivity contribution in [1.82, 2.24) is 4.90 Å². The monoisotopic (exact) mass is 189 g/mol. The second kappa shape index (κ2) is 4.66. The fraction of sp³-hybridized carbons (Fsp3) is 0.714. The maximum Gasteiger partial charge on any atom is 0.410 e. The Morgan fingerprint density at radius 3 is 2.54 bits per heavy atom. The summed E-state index contributed by atoms with van der Waals surface area (Å²) < 4.78 is 9.48. The van der Waals surface area contributed by atoms with Crippen molar-refractivity contribution in [2.45, 2.75) is 0 Å². The van der Waals surface area contributed by atoms with Gasteiger partial charge in [-0.25, -0.2) is 9.59 Å². The summed E-state index contributed by atoms with van der Waals surface area (Å²) in [6, 6.07) is 0. The van der Waals surface area contributed by atoms with Crippen molar-refractivity contribution in [2.75, 3.05) is 32.9 Å². The zero-order chi connectivity index (χ0) is 9.68. The minimum atomic E-state index is -1.15. The maximum absolute atomic E-state index is 11.1. The van der Waals surface area contributed by atoms with Crippen LogP contribution in [-0.2, 0) is 14.3 Å². The molecule has 1 fully saturated rings. The maximum atomic E-state index is 11.1. The molecule has 13 heavy (non-hydrogen) atoms. The van der Waals surface area contributed by atoms with Gasteiger partial charge in [-0.3, -0.25) is 0 Å². The first-order chi connectivity index (χ1) is 6.20. The molecule has 0 saturated carbocycles. The summed E-state index contributed by atoms with van der Waals surface area (Å²) in [6.07, 6.45) is -0.592. The predicted octanol–water partition coefficient (Wildman–Crippen LogP) is -0.460. The Balaban J connectivity index is 2.25. The number of amides is 1. The number of hydrogen-bond donors (Lipinski definition) is 1. The fourth-order valence-corrected chi connectivity index (χ4v) is 0.961. The minimum absolute atomic E-state index is 0.457. The van der Waals surface area contributed by atoms with E-state index in [2.05, 4.69) is 4.74 Å². The van der Waals surface area contributed by atoms with E-state index in [-0.39, 0.29) is 0 Å². The number of ether oxygens (including phenoxy) is 2. The Morgan fingerprint density at radius 1 is 1.38 bits per heavy atom. The van der Waals surface area contributed by atoms with Gasteiger partial charge in [-0.15, -0.1) is 0 Å². The van der Waals surface area contributed by atoms with Crippen molar-refractivity contribution in [1.29, 1.82) is 0 Å². The Morgan fingerprint density at radius 2 is 2.00 bits per heavy atom. The number of morpholine rings is 1. The van der Waals surface area contributed by atoms with E-state index in [0.717, 1.165) is 0 Å². The van der Waals surface area contributed by atoms with Gasteiger partial charge in [-0.05, 0) is 0 Å². The molecule has 1 N–H and O–H groups in total. The second-order valence-electron chi connectivity index (χ2n) is 2.55. The van der Waals surface area contributed by atoms with Gasteiger partial charge in [-0.2, -0.15) is 0 Å². The van der Waals surface area contributed by atoms with E-state index < -0.39 is 18.7 Å². The molecule has 1 aliphatic heterocycles. The van der Waals surface area contributed by atoms with Crippen LogP contribution in [0.15, 0.2) is 0 Å². The van der Waals surface area contributed by atoms with Crippen LogP contribution in [-0.4, -0.2) is 55.0 Å². The molecule has 1 heterocycles. The van der Waals surface area contributed by atoms with E-state index in [9.17, 15) is 9.59 Å². The van der Waals surface area contributed by atoms with Crippen molar-refractivity contribution in [2.24, 2.45) is 0 Å². The van der Waals surface area contributed by atoms with Crippen LogP contribution >= 0.6 is 0 Å². The van der Waals surface area contributed by atoms with Crippen molar-refractivity contribution in [3.63, 3.8) is 0 Å². The number of aliphatic carboxylic acids is 1. The third-order valence-corrected chi connectivity index (χ3v) is 1.59. The lowest BCUT2D eigenvalue weighted by Crippen LogP contribution is -2.41. The molecule has 1 aliphatic rings. The Kier molecular flexibility index (Phi) is 3.51. The summed E-state index contributed by atoms with van der Waals surface area (Å²) in [5.41, 5.74) is 0. The zero-order valence-corrected chi connectivity index (χ0v) is 7.06. The molecule has 0 aromatic rings. The van der Waals surface area contributed by atoms with Crippen molar-refractivity contribution in [3.8, 4) is 0 Å². The molecular weight excluding hydrogens is 178 g/mol. The Bertz CT molecular complexity index is 199. The Hall–Kier alpha value is -1.30.